The number of fused-ring (bicyclic) bond motifs is 2. The Kier molecular flexibility index (Phi) is 7.31. The molecular formula is C25H24ClF3N2O5S. The van der Waals surface area contributed by atoms with E-state index in [0.29, 0.717) is 42.9 Å². The molecule has 0 saturated carbocycles. The van der Waals surface area contributed by atoms with Crippen molar-refractivity contribution in [3.05, 3.63) is 75.8 Å². The fourth-order valence-electron chi connectivity index (χ4n) is 5.12. The molecule has 1 spiro atoms. The lowest BCUT2D eigenvalue weighted by Gasteiger charge is -2.40. The van der Waals surface area contributed by atoms with Gasteiger partial charge in [0.15, 0.2) is 0 Å². The van der Waals surface area contributed by atoms with E-state index in [0.717, 1.165) is 24.0 Å². The largest absolute Gasteiger partial charge is 0.441 e. The lowest BCUT2D eigenvalue weighted by Crippen LogP contribution is -2.44. The number of carbonyl (C=O) groups is 2. The van der Waals surface area contributed by atoms with Crippen LogP contribution in [0.2, 0.25) is 5.02 Å². The van der Waals surface area contributed by atoms with Gasteiger partial charge < -0.3 is 9.64 Å². The first kappa shape index (κ1) is 27.0. The molecule has 1 N–H and O–H groups in total. The smallest absolute Gasteiger partial charge is 0.421 e. The van der Waals surface area contributed by atoms with Gasteiger partial charge in [-0.05, 0) is 54.2 Å². The van der Waals surface area contributed by atoms with Crippen LogP contribution in [0.15, 0.2) is 48.5 Å². The molecule has 1 fully saturated rings. The Hall–Kier alpha value is -3.05. The van der Waals surface area contributed by atoms with Gasteiger partial charge >= 0.3 is 12.3 Å². The third-order valence-corrected chi connectivity index (χ3v) is 7.57. The maximum absolute atomic E-state index is 13.2. The Bertz CT molecular complexity index is 1350. The fourth-order valence-corrected chi connectivity index (χ4v) is 5.85. The molecule has 1 atom stereocenters. The number of hydrogen-bond donors (Lipinski definition) is 1. The SMILES string of the molecule is CS(=O)(=O)NC(=O)OC1CC2(CCN(C(=O)/C=C/c3ccccc3C(F)(F)F)CC2)c2c(Cl)cccc21. The summed E-state index contributed by atoms with van der Waals surface area (Å²) in [4.78, 5) is 26.5. The summed E-state index contributed by atoms with van der Waals surface area (Å²) >= 11 is 6.53. The molecule has 198 valence electrons. The minimum atomic E-state index is -4.53. The summed E-state index contributed by atoms with van der Waals surface area (Å²) in [6.07, 6.45) is -1.87. The highest BCUT2D eigenvalue weighted by Crippen LogP contribution is 2.54. The van der Waals surface area contributed by atoms with Crippen molar-refractivity contribution in [1.29, 1.82) is 0 Å². The predicted molar refractivity (Wildman–Crippen MR) is 131 cm³/mol. The summed E-state index contributed by atoms with van der Waals surface area (Å²) in [6.45, 7) is 0.633. The highest BCUT2D eigenvalue weighted by atomic mass is 35.5. The second kappa shape index (κ2) is 10.0. The molecule has 2 amide bonds. The molecule has 2 aromatic carbocycles. The topological polar surface area (TPSA) is 92.8 Å². The van der Waals surface area contributed by atoms with Gasteiger partial charge in [0, 0.05) is 29.6 Å². The molecule has 4 rings (SSSR count). The normalized spacial score (nSPS) is 19.2. The number of nitrogens with zero attached hydrogens (tertiary/aromatic N) is 1. The molecule has 0 radical (unpaired) electrons. The first-order valence-electron chi connectivity index (χ1n) is 11.4. The number of halogens is 4. The van der Waals surface area contributed by atoms with Crippen LogP contribution in [0.25, 0.3) is 6.08 Å². The standard InChI is InChI=1S/C25H24ClF3N2O5S/c1-37(34,35)30-23(33)36-20-15-24(22-17(20)6-4-8-19(22)26)11-13-31(14-12-24)21(32)10-9-16-5-2-3-7-18(16)25(27,28)29/h2-10,20H,11-15H2,1H3,(H,30,33)/b10-9+. The van der Waals surface area contributed by atoms with Crippen molar-refractivity contribution >= 4 is 39.7 Å². The Balaban J connectivity index is 1.48. The van der Waals surface area contributed by atoms with Crippen molar-refractivity contribution in [2.24, 2.45) is 0 Å². The molecule has 1 aliphatic carbocycles. The Labute approximate surface area is 217 Å². The Morgan fingerprint density at radius 3 is 2.46 bits per heavy atom. The van der Waals surface area contributed by atoms with Gasteiger partial charge in [0.25, 0.3) is 0 Å². The average molecular weight is 557 g/mol. The second-order valence-electron chi connectivity index (χ2n) is 9.20. The molecule has 7 nitrogen and oxygen atoms in total. The number of benzene rings is 2. The molecule has 0 aromatic heterocycles. The summed E-state index contributed by atoms with van der Waals surface area (Å²) in [5.74, 6) is -0.412. The number of sulfonamides is 1. The highest BCUT2D eigenvalue weighted by molar-refractivity contribution is 7.89. The number of amides is 2. The molecule has 1 heterocycles. The van der Waals surface area contributed by atoms with Crippen LogP contribution in [0.1, 0.15) is 47.6 Å². The molecule has 2 aromatic rings. The van der Waals surface area contributed by atoms with Gasteiger partial charge in [0.2, 0.25) is 15.9 Å². The lowest BCUT2D eigenvalue weighted by atomic mass is 9.73. The minimum absolute atomic E-state index is 0.0966. The van der Waals surface area contributed by atoms with Gasteiger partial charge in [-0.3, -0.25) is 4.79 Å². The minimum Gasteiger partial charge on any atom is -0.441 e. The number of rotatable bonds is 4. The van der Waals surface area contributed by atoms with Crippen molar-refractivity contribution in [3.63, 3.8) is 0 Å². The van der Waals surface area contributed by atoms with Crippen LogP contribution >= 0.6 is 11.6 Å². The number of likely N-dealkylation sites (tertiary alicyclic amines) is 1. The lowest BCUT2D eigenvalue weighted by molar-refractivity contribution is -0.137. The summed E-state index contributed by atoms with van der Waals surface area (Å²) in [5, 5.41) is 0.482. The maximum Gasteiger partial charge on any atom is 0.421 e. The molecular weight excluding hydrogens is 533 g/mol. The number of alkyl halides is 3. The van der Waals surface area contributed by atoms with E-state index in [2.05, 4.69) is 0 Å². The summed E-state index contributed by atoms with van der Waals surface area (Å²) < 4.78 is 69.7. The van der Waals surface area contributed by atoms with Crippen LogP contribution in [-0.4, -0.2) is 44.7 Å². The van der Waals surface area contributed by atoms with E-state index in [1.165, 1.54) is 24.3 Å². The van der Waals surface area contributed by atoms with Gasteiger partial charge in [-0.2, -0.15) is 13.2 Å². The van der Waals surface area contributed by atoms with Crippen LogP contribution in [-0.2, 0) is 31.1 Å². The van der Waals surface area contributed by atoms with Crippen molar-refractivity contribution in [1.82, 2.24) is 9.62 Å². The summed E-state index contributed by atoms with van der Waals surface area (Å²) in [6, 6.07) is 10.2. The van der Waals surface area contributed by atoms with Crippen molar-refractivity contribution in [2.75, 3.05) is 19.3 Å². The van der Waals surface area contributed by atoms with Crippen LogP contribution in [0.5, 0.6) is 0 Å². The number of nitrogens with one attached hydrogen (secondary N) is 1. The first-order chi connectivity index (χ1) is 17.3. The zero-order valence-electron chi connectivity index (χ0n) is 19.7. The number of piperidine rings is 1. The van der Waals surface area contributed by atoms with Crippen molar-refractivity contribution in [2.45, 2.75) is 37.0 Å². The first-order valence-corrected chi connectivity index (χ1v) is 13.7. The second-order valence-corrected chi connectivity index (χ2v) is 11.4. The molecule has 12 heteroatoms. The van der Waals surface area contributed by atoms with Gasteiger partial charge in [-0.15, -0.1) is 0 Å². The molecule has 1 saturated heterocycles. The third kappa shape index (κ3) is 5.93. The van der Waals surface area contributed by atoms with Gasteiger partial charge in [-0.25, -0.2) is 17.9 Å². The van der Waals surface area contributed by atoms with Crippen molar-refractivity contribution < 1.29 is 35.9 Å². The molecule has 2 aliphatic rings. The maximum atomic E-state index is 13.2. The molecule has 1 aliphatic heterocycles. The zero-order valence-corrected chi connectivity index (χ0v) is 21.3. The van der Waals surface area contributed by atoms with E-state index in [-0.39, 0.29) is 5.56 Å². The van der Waals surface area contributed by atoms with E-state index in [4.69, 9.17) is 16.3 Å². The predicted octanol–water partition coefficient (Wildman–Crippen LogP) is 5.06. The molecule has 0 bridgehead atoms. The van der Waals surface area contributed by atoms with Crippen LogP contribution in [0, 0.1) is 0 Å². The van der Waals surface area contributed by atoms with Crippen LogP contribution in [0.3, 0.4) is 0 Å². The summed E-state index contributed by atoms with van der Waals surface area (Å²) in [7, 11) is -3.80. The van der Waals surface area contributed by atoms with Crippen molar-refractivity contribution in [3.8, 4) is 0 Å². The van der Waals surface area contributed by atoms with E-state index < -0.39 is 45.3 Å². The van der Waals surface area contributed by atoms with Gasteiger partial charge in [0.1, 0.15) is 6.10 Å². The number of carbonyl (C=O) groups excluding carboxylic acids is 2. The highest BCUT2D eigenvalue weighted by Gasteiger charge is 2.48. The third-order valence-electron chi connectivity index (χ3n) is 6.72. The van der Waals surface area contributed by atoms with Gasteiger partial charge in [0.05, 0.1) is 11.8 Å². The van der Waals surface area contributed by atoms with E-state index >= 15 is 0 Å². The van der Waals surface area contributed by atoms with Gasteiger partial charge in [-0.1, -0.05) is 41.9 Å². The van der Waals surface area contributed by atoms with E-state index in [9.17, 15) is 31.2 Å². The van der Waals surface area contributed by atoms with E-state index in [1.807, 2.05) is 0 Å². The fraction of sp³-hybridized carbons (Fsp3) is 0.360. The average Bonchev–Trinajstić information content (AvgIpc) is 3.10. The number of hydrogen-bond acceptors (Lipinski definition) is 5. The quantitative estimate of drug-likeness (QED) is 0.531. The monoisotopic (exact) mass is 556 g/mol. The van der Waals surface area contributed by atoms with Crippen LogP contribution < -0.4 is 4.72 Å². The Morgan fingerprint density at radius 2 is 1.81 bits per heavy atom. The molecule has 1 unspecified atom stereocenters. The molecule has 37 heavy (non-hydrogen) atoms. The summed E-state index contributed by atoms with van der Waals surface area (Å²) in [5.41, 5.74) is 0.0586. The number of ether oxygens (including phenoxy) is 1. The Morgan fingerprint density at radius 1 is 1.14 bits per heavy atom. The van der Waals surface area contributed by atoms with E-state index in [1.54, 1.807) is 27.8 Å². The zero-order chi connectivity index (χ0) is 27.0. The van der Waals surface area contributed by atoms with Crippen LogP contribution in [0.4, 0.5) is 18.0 Å².